The second kappa shape index (κ2) is 6.49. The highest BCUT2D eigenvalue weighted by molar-refractivity contribution is 7.87. The summed E-state index contributed by atoms with van der Waals surface area (Å²) in [5.41, 5.74) is 0. The van der Waals surface area contributed by atoms with Crippen molar-refractivity contribution in [2.24, 2.45) is 5.92 Å². The van der Waals surface area contributed by atoms with E-state index in [1.54, 1.807) is 0 Å². The second-order valence-electron chi connectivity index (χ2n) is 5.42. The van der Waals surface area contributed by atoms with Crippen molar-refractivity contribution in [2.45, 2.75) is 44.8 Å². The van der Waals surface area contributed by atoms with Crippen LogP contribution in [0.15, 0.2) is 0 Å². The first-order valence-corrected chi connectivity index (χ1v) is 8.47. The summed E-state index contributed by atoms with van der Waals surface area (Å²) in [6.07, 6.45) is 3.58. The van der Waals surface area contributed by atoms with E-state index in [1.807, 2.05) is 6.92 Å². The Kier molecular flexibility index (Phi) is 5.19. The first kappa shape index (κ1) is 15.2. The molecule has 2 heterocycles. The monoisotopic (exact) mass is 292 g/mol. The van der Waals surface area contributed by atoms with E-state index in [0.717, 1.165) is 25.7 Å². The Morgan fingerprint density at radius 3 is 2.79 bits per heavy atom. The van der Waals surface area contributed by atoms with Gasteiger partial charge in [0.25, 0.3) is 10.2 Å². The first-order chi connectivity index (χ1) is 9.04. The molecule has 2 rings (SSSR count). The topological polar surface area (TPSA) is 78.9 Å². The van der Waals surface area contributed by atoms with Crippen LogP contribution in [0.5, 0.6) is 0 Å². The van der Waals surface area contributed by atoms with E-state index in [0.29, 0.717) is 19.7 Å². The summed E-state index contributed by atoms with van der Waals surface area (Å²) in [6.45, 7) is 3.49. The minimum absolute atomic E-state index is 0.107. The van der Waals surface area contributed by atoms with Crippen LogP contribution in [-0.4, -0.2) is 56.3 Å². The zero-order chi connectivity index (χ0) is 13.9. The SMILES string of the molecule is CC1OCCC1CNS(=O)(=O)N1CCCCC1CO. The van der Waals surface area contributed by atoms with Crippen molar-refractivity contribution < 1.29 is 18.3 Å². The van der Waals surface area contributed by atoms with Crippen molar-refractivity contribution in [3.05, 3.63) is 0 Å². The molecule has 0 aromatic rings. The fraction of sp³-hybridized carbons (Fsp3) is 1.00. The van der Waals surface area contributed by atoms with Gasteiger partial charge in [-0.2, -0.15) is 12.7 Å². The van der Waals surface area contributed by atoms with Crippen LogP contribution < -0.4 is 4.72 Å². The molecule has 6 nitrogen and oxygen atoms in total. The van der Waals surface area contributed by atoms with Crippen molar-refractivity contribution in [3.63, 3.8) is 0 Å². The minimum Gasteiger partial charge on any atom is -0.395 e. The van der Waals surface area contributed by atoms with Crippen LogP contribution in [0.2, 0.25) is 0 Å². The van der Waals surface area contributed by atoms with E-state index < -0.39 is 10.2 Å². The van der Waals surface area contributed by atoms with E-state index in [4.69, 9.17) is 4.74 Å². The number of nitrogens with one attached hydrogen (secondary N) is 1. The molecule has 3 unspecified atom stereocenters. The van der Waals surface area contributed by atoms with Gasteiger partial charge in [0.05, 0.1) is 12.7 Å². The highest BCUT2D eigenvalue weighted by Gasteiger charge is 2.33. The van der Waals surface area contributed by atoms with Gasteiger partial charge >= 0.3 is 0 Å². The van der Waals surface area contributed by atoms with Crippen molar-refractivity contribution in [1.82, 2.24) is 9.03 Å². The van der Waals surface area contributed by atoms with E-state index >= 15 is 0 Å². The van der Waals surface area contributed by atoms with E-state index in [2.05, 4.69) is 4.72 Å². The molecule has 3 atom stereocenters. The molecule has 2 saturated heterocycles. The Morgan fingerprint density at radius 1 is 1.37 bits per heavy atom. The zero-order valence-corrected chi connectivity index (χ0v) is 12.2. The summed E-state index contributed by atoms with van der Waals surface area (Å²) in [6, 6.07) is -0.275. The third-order valence-electron chi connectivity index (χ3n) is 4.15. The molecule has 112 valence electrons. The summed E-state index contributed by atoms with van der Waals surface area (Å²) >= 11 is 0. The summed E-state index contributed by atoms with van der Waals surface area (Å²) in [5.74, 6) is 0.243. The van der Waals surface area contributed by atoms with Crippen LogP contribution in [0.4, 0.5) is 0 Å². The van der Waals surface area contributed by atoms with Gasteiger partial charge in [-0.1, -0.05) is 6.42 Å². The molecule has 0 saturated carbocycles. The number of nitrogens with zero attached hydrogens (tertiary/aromatic N) is 1. The molecule has 2 N–H and O–H groups in total. The van der Waals surface area contributed by atoms with Gasteiger partial charge in [-0.3, -0.25) is 0 Å². The maximum absolute atomic E-state index is 12.3. The Bertz CT molecular complexity index is 387. The molecular weight excluding hydrogens is 268 g/mol. The molecule has 7 heteroatoms. The maximum atomic E-state index is 12.3. The molecule has 0 aliphatic carbocycles. The zero-order valence-electron chi connectivity index (χ0n) is 11.4. The van der Waals surface area contributed by atoms with Crippen molar-refractivity contribution in [1.29, 1.82) is 0 Å². The Hall–Kier alpha value is -0.210. The van der Waals surface area contributed by atoms with Crippen LogP contribution >= 0.6 is 0 Å². The molecule has 0 bridgehead atoms. The highest BCUT2D eigenvalue weighted by Crippen LogP contribution is 2.22. The third kappa shape index (κ3) is 3.66. The fourth-order valence-corrected chi connectivity index (χ4v) is 4.34. The lowest BCUT2D eigenvalue weighted by molar-refractivity contribution is 0.106. The number of hydrogen-bond acceptors (Lipinski definition) is 4. The summed E-state index contributed by atoms with van der Waals surface area (Å²) in [7, 11) is -3.49. The van der Waals surface area contributed by atoms with E-state index in [-0.39, 0.29) is 24.7 Å². The standard InChI is InChI=1S/C12H24N2O4S/c1-10-11(5-7-18-10)8-13-19(16,17)14-6-3-2-4-12(14)9-15/h10-13,15H,2-9H2,1H3. The molecule has 0 spiro atoms. The maximum Gasteiger partial charge on any atom is 0.279 e. The van der Waals surface area contributed by atoms with Crippen molar-refractivity contribution in [2.75, 3.05) is 26.3 Å². The van der Waals surface area contributed by atoms with Gasteiger partial charge in [-0.15, -0.1) is 0 Å². The summed E-state index contributed by atoms with van der Waals surface area (Å²) in [5, 5.41) is 9.29. The predicted molar refractivity (Wildman–Crippen MR) is 71.9 cm³/mol. The van der Waals surface area contributed by atoms with Crippen LogP contribution in [-0.2, 0) is 14.9 Å². The molecular formula is C12H24N2O4S. The number of rotatable bonds is 5. The van der Waals surface area contributed by atoms with Crippen molar-refractivity contribution in [3.8, 4) is 0 Å². The molecule has 2 aliphatic heterocycles. The van der Waals surface area contributed by atoms with Crippen LogP contribution in [0.1, 0.15) is 32.6 Å². The number of ether oxygens (including phenoxy) is 1. The largest absolute Gasteiger partial charge is 0.395 e. The number of aliphatic hydroxyl groups excluding tert-OH is 1. The van der Waals surface area contributed by atoms with E-state index in [9.17, 15) is 13.5 Å². The van der Waals surface area contributed by atoms with Crippen molar-refractivity contribution >= 4 is 10.2 Å². The van der Waals surface area contributed by atoms with Crippen LogP contribution in [0, 0.1) is 5.92 Å². The molecule has 2 fully saturated rings. The Labute approximate surface area is 115 Å². The normalized spacial score (nSPS) is 33.7. The van der Waals surface area contributed by atoms with Gasteiger partial charge in [0, 0.05) is 31.7 Å². The Morgan fingerprint density at radius 2 is 2.16 bits per heavy atom. The average molecular weight is 292 g/mol. The molecule has 0 aromatic heterocycles. The molecule has 2 aliphatic rings. The minimum atomic E-state index is -3.49. The number of hydrogen-bond donors (Lipinski definition) is 2. The molecule has 19 heavy (non-hydrogen) atoms. The summed E-state index contributed by atoms with van der Waals surface area (Å²) < 4.78 is 34.1. The van der Waals surface area contributed by atoms with E-state index in [1.165, 1.54) is 4.31 Å². The number of piperidine rings is 1. The lowest BCUT2D eigenvalue weighted by Gasteiger charge is -2.33. The van der Waals surface area contributed by atoms with Gasteiger partial charge in [-0.05, 0) is 26.2 Å². The van der Waals surface area contributed by atoms with Crippen LogP contribution in [0.25, 0.3) is 0 Å². The Balaban J connectivity index is 1.93. The molecule has 0 aromatic carbocycles. The quantitative estimate of drug-likeness (QED) is 0.753. The fourth-order valence-electron chi connectivity index (χ4n) is 2.81. The second-order valence-corrected chi connectivity index (χ2v) is 7.13. The van der Waals surface area contributed by atoms with Gasteiger partial charge in [0.15, 0.2) is 0 Å². The smallest absolute Gasteiger partial charge is 0.279 e. The first-order valence-electron chi connectivity index (χ1n) is 7.03. The lowest BCUT2D eigenvalue weighted by atomic mass is 10.0. The van der Waals surface area contributed by atoms with Crippen LogP contribution in [0.3, 0.4) is 0 Å². The highest BCUT2D eigenvalue weighted by atomic mass is 32.2. The molecule has 0 amide bonds. The van der Waals surface area contributed by atoms with Gasteiger partial charge in [-0.25, -0.2) is 4.72 Å². The average Bonchev–Trinajstić information content (AvgIpc) is 2.82. The lowest BCUT2D eigenvalue weighted by Crippen LogP contribution is -2.51. The summed E-state index contributed by atoms with van der Waals surface area (Å²) in [4.78, 5) is 0. The molecule has 0 radical (unpaired) electrons. The van der Waals surface area contributed by atoms with Gasteiger partial charge < -0.3 is 9.84 Å². The third-order valence-corrected chi connectivity index (χ3v) is 5.78. The van der Waals surface area contributed by atoms with Gasteiger partial charge in [0.2, 0.25) is 0 Å². The number of aliphatic hydroxyl groups is 1. The predicted octanol–water partition coefficient (Wildman–Crippen LogP) is 0.0926. The van der Waals surface area contributed by atoms with Gasteiger partial charge in [0.1, 0.15) is 0 Å².